The van der Waals surface area contributed by atoms with Crippen molar-refractivity contribution in [3.63, 3.8) is 0 Å². The van der Waals surface area contributed by atoms with Crippen LogP contribution in [0.4, 0.5) is 9.18 Å². The Bertz CT molecular complexity index is 1510. The highest BCUT2D eigenvalue weighted by Gasteiger charge is 2.19. The molecule has 0 fully saturated rings. The molecule has 9 nitrogen and oxygen atoms in total. The molecule has 0 atom stereocenters. The van der Waals surface area contributed by atoms with Gasteiger partial charge < -0.3 is 15.4 Å². The molecule has 200 valence electrons. The van der Waals surface area contributed by atoms with Gasteiger partial charge in [0.1, 0.15) is 52.2 Å². The van der Waals surface area contributed by atoms with Crippen molar-refractivity contribution in [2.75, 3.05) is 13.1 Å². The van der Waals surface area contributed by atoms with Crippen LogP contribution < -0.4 is 10.6 Å². The fourth-order valence-corrected chi connectivity index (χ4v) is 4.90. The Morgan fingerprint density at radius 2 is 1.92 bits per heavy atom. The monoisotopic (exact) mass is 671 g/mol. The summed E-state index contributed by atoms with van der Waals surface area (Å²) in [5.41, 5.74) is 1.66. The molecule has 13 heteroatoms. The molecule has 0 aliphatic carbocycles. The summed E-state index contributed by atoms with van der Waals surface area (Å²) in [5, 5.41) is 6.96. The minimum atomic E-state index is -0.579. The zero-order chi connectivity index (χ0) is 27.4. The van der Waals surface area contributed by atoms with Crippen molar-refractivity contribution >= 4 is 80.8 Å². The first-order valence-electron chi connectivity index (χ1n) is 11.5. The van der Waals surface area contributed by atoms with Crippen molar-refractivity contribution in [1.29, 1.82) is 0 Å². The summed E-state index contributed by atoms with van der Waals surface area (Å²) in [6, 6.07) is 6.43. The third-order valence-corrected chi connectivity index (χ3v) is 6.65. The molecule has 1 aromatic carbocycles. The van der Waals surface area contributed by atoms with Gasteiger partial charge in [0.2, 0.25) is 0 Å². The SMILES string of the molecule is CC(C)(C)OC(=O)NCCCNC(=O)c1cnc2c(c1)c(-c1cc(F)c3nccc(Cl)c3c1)cn2SOI. The van der Waals surface area contributed by atoms with Crippen LogP contribution in [0.5, 0.6) is 0 Å². The summed E-state index contributed by atoms with van der Waals surface area (Å²) in [7, 11) is 0. The average molecular weight is 672 g/mol. The number of aromatic nitrogens is 3. The average Bonchev–Trinajstić information content (AvgIpc) is 3.21. The van der Waals surface area contributed by atoms with E-state index in [0.717, 1.165) is 12.2 Å². The first-order valence-corrected chi connectivity index (χ1v) is 13.5. The first kappa shape index (κ1) is 28.3. The molecule has 4 rings (SSSR count). The molecule has 3 aromatic heterocycles. The third kappa shape index (κ3) is 6.65. The fourth-order valence-electron chi connectivity index (χ4n) is 3.75. The van der Waals surface area contributed by atoms with Crippen LogP contribution in [-0.2, 0) is 7.25 Å². The van der Waals surface area contributed by atoms with Crippen LogP contribution >= 0.6 is 46.8 Å². The second-order valence-electron chi connectivity index (χ2n) is 9.29. The van der Waals surface area contributed by atoms with Crippen molar-refractivity contribution in [2.24, 2.45) is 0 Å². The normalized spacial score (nSPS) is 11.6. The van der Waals surface area contributed by atoms with E-state index in [-0.39, 0.29) is 11.4 Å². The number of benzene rings is 1. The minimum absolute atomic E-state index is 0.175. The lowest BCUT2D eigenvalue weighted by Crippen LogP contribution is -2.34. The number of carbonyl (C=O) groups is 2. The van der Waals surface area contributed by atoms with Crippen molar-refractivity contribution < 1.29 is 21.2 Å². The molecule has 2 amide bonds. The number of nitrogens with zero attached hydrogens (tertiary/aromatic N) is 3. The van der Waals surface area contributed by atoms with Gasteiger partial charge in [-0.3, -0.25) is 13.8 Å². The van der Waals surface area contributed by atoms with Crippen LogP contribution in [0.25, 0.3) is 33.1 Å². The highest BCUT2D eigenvalue weighted by molar-refractivity contribution is 14.1. The van der Waals surface area contributed by atoms with Gasteiger partial charge >= 0.3 is 6.09 Å². The van der Waals surface area contributed by atoms with Gasteiger partial charge in [0.25, 0.3) is 5.91 Å². The van der Waals surface area contributed by atoms with Crippen molar-refractivity contribution in [3.8, 4) is 11.1 Å². The molecule has 0 spiro atoms. The number of ether oxygens (including phenoxy) is 1. The van der Waals surface area contributed by atoms with E-state index in [4.69, 9.17) is 18.9 Å². The Morgan fingerprint density at radius 1 is 1.16 bits per heavy atom. The number of alkyl carbamates (subject to hydrolysis) is 1. The maximum Gasteiger partial charge on any atom is 0.407 e. The Kier molecular flexibility index (Phi) is 8.96. The number of amides is 2. The van der Waals surface area contributed by atoms with Gasteiger partial charge in [-0.25, -0.2) is 16.7 Å². The van der Waals surface area contributed by atoms with Gasteiger partial charge in [0.15, 0.2) is 5.65 Å². The summed E-state index contributed by atoms with van der Waals surface area (Å²) in [5.74, 6) is -0.842. The predicted molar refractivity (Wildman–Crippen MR) is 155 cm³/mol. The maximum absolute atomic E-state index is 14.9. The number of hydrogen-bond acceptors (Lipinski definition) is 7. The molecule has 0 aliphatic rings. The molecule has 3 heterocycles. The zero-order valence-corrected chi connectivity index (χ0v) is 24.4. The first-order chi connectivity index (χ1) is 18.1. The molecule has 0 aliphatic heterocycles. The second kappa shape index (κ2) is 12.0. The summed E-state index contributed by atoms with van der Waals surface area (Å²) < 4.78 is 27.0. The number of nitrogens with one attached hydrogen (secondary N) is 2. The number of pyridine rings is 2. The van der Waals surface area contributed by atoms with Crippen LogP contribution in [-0.4, -0.2) is 44.6 Å². The second-order valence-corrected chi connectivity index (χ2v) is 11.4. The summed E-state index contributed by atoms with van der Waals surface area (Å²) in [4.78, 5) is 33.1. The number of hydrogen-bond donors (Lipinski definition) is 2. The molecule has 2 N–H and O–H groups in total. The van der Waals surface area contributed by atoms with Gasteiger partial charge in [0.05, 0.1) is 10.6 Å². The molecule has 38 heavy (non-hydrogen) atoms. The number of halogens is 3. The summed E-state index contributed by atoms with van der Waals surface area (Å²) in [6.45, 7) is 6.04. The van der Waals surface area contributed by atoms with Crippen LogP contribution in [0.1, 0.15) is 37.6 Å². The van der Waals surface area contributed by atoms with Gasteiger partial charge in [-0.15, -0.1) is 0 Å². The Morgan fingerprint density at radius 3 is 2.66 bits per heavy atom. The van der Waals surface area contributed by atoms with Gasteiger partial charge in [-0.2, -0.15) is 0 Å². The summed E-state index contributed by atoms with van der Waals surface area (Å²) >= 11 is 9.09. The van der Waals surface area contributed by atoms with Gasteiger partial charge in [0, 0.05) is 48.0 Å². The molecule has 4 aromatic rings. The number of rotatable bonds is 8. The highest BCUT2D eigenvalue weighted by atomic mass is 127. The van der Waals surface area contributed by atoms with E-state index in [1.165, 1.54) is 18.5 Å². The van der Waals surface area contributed by atoms with E-state index >= 15 is 0 Å². The standard InChI is InChI=1S/C25H24ClFIN5O4S/c1-25(2,3)36-24(35)31-7-4-6-30-23(34)15-10-16-18(13-33(38-37-28)22(16)32-12-15)14-9-17-19(26)5-8-29-21(17)20(27)11-14/h5,8-13H,4,6-7H2,1-3H3,(H,30,34)(H,31,35). The van der Waals surface area contributed by atoms with E-state index in [9.17, 15) is 14.0 Å². The lowest BCUT2D eigenvalue weighted by molar-refractivity contribution is 0.0527. The van der Waals surface area contributed by atoms with Crippen molar-refractivity contribution in [3.05, 3.63) is 59.3 Å². The van der Waals surface area contributed by atoms with Crippen LogP contribution in [0.3, 0.4) is 0 Å². The van der Waals surface area contributed by atoms with Crippen molar-refractivity contribution in [2.45, 2.75) is 32.8 Å². The maximum atomic E-state index is 14.9. The van der Waals surface area contributed by atoms with E-state index < -0.39 is 17.5 Å². The molecular formula is C25H24ClFIN5O4S. The minimum Gasteiger partial charge on any atom is -0.444 e. The van der Waals surface area contributed by atoms with Gasteiger partial charge in [-0.1, -0.05) is 11.6 Å². The number of carbonyl (C=O) groups excluding carboxylic acids is 2. The van der Waals surface area contributed by atoms with Crippen LogP contribution in [0, 0.1) is 5.82 Å². The molecule has 0 saturated carbocycles. The Balaban J connectivity index is 1.55. The molecular weight excluding hydrogens is 648 g/mol. The molecule has 0 saturated heterocycles. The number of fused-ring (bicyclic) bond motifs is 2. The largest absolute Gasteiger partial charge is 0.444 e. The molecule has 0 bridgehead atoms. The summed E-state index contributed by atoms with van der Waals surface area (Å²) in [6.07, 6.45) is 4.68. The van der Waals surface area contributed by atoms with E-state index in [1.807, 2.05) is 0 Å². The lowest BCUT2D eigenvalue weighted by atomic mass is 10.0. The Labute approximate surface area is 241 Å². The van der Waals surface area contributed by atoms with E-state index in [0.29, 0.717) is 57.6 Å². The third-order valence-electron chi connectivity index (χ3n) is 5.35. The highest BCUT2D eigenvalue weighted by Crippen LogP contribution is 2.36. The predicted octanol–water partition coefficient (Wildman–Crippen LogP) is 6.47. The topological polar surface area (TPSA) is 107 Å². The smallest absolute Gasteiger partial charge is 0.407 e. The Hall–Kier alpha value is -2.68. The van der Waals surface area contributed by atoms with Crippen LogP contribution in [0.15, 0.2) is 42.9 Å². The molecule has 0 unspecified atom stereocenters. The molecule has 0 radical (unpaired) electrons. The van der Waals surface area contributed by atoms with Crippen LogP contribution in [0.2, 0.25) is 5.02 Å². The quantitative estimate of drug-likeness (QED) is 0.126. The van der Waals surface area contributed by atoms with Gasteiger partial charge in [-0.05, 0) is 57.0 Å². The zero-order valence-electron chi connectivity index (χ0n) is 20.7. The lowest BCUT2D eigenvalue weighted by Gasteiger charge is -2.19. The fraction of sp³-hybridized carbons (Fsp3) is 0.280. The van der Waals surface area contributed by atoms with E-state index in [1.54, 1.807) is 72.1 Å². The van der Waals surface area contributed by atoms with E-state index in [2.05, 4.69) is 20.6 Å². The van der Waals surface area contributed by atoms with Crippen molar-refractivity contribution in [1.82, 2.24) is 24.6 Å².